The zero-order chi connectivity index (χ0) is 18.2. The maximum atomic E-state index is 12.0. The number of unbranched alkanes of at least 4 members (excludes halogenated alkanes) is 2. The minimum atomic E-state index is -1.48. The second-order valence-electron chi connectivity index (χ2n) is 6.36. The van der Waals surface area contributed by atoms with E-state index in [4.69, 9.17) is 9.84 Å². The molecule has 5 N–H and O–H groups in total. The van der Waals surface area contributed by atoms with E-state index < -0.39 is 37.3 Å². The Kier molecular flexibility index (Phi) is 7.80. The SMILES string of the molecule is O=C(CCCCCc1ccccc1)N[C@@H]1O[C@H](CO)[C@H](O)[C@H](O)[C@H]1O. The summed E-state index contributed by atoms with van der Waals surface area (Å²) in [4.78, 5) is 12.0. The van der Waals surface area contributed by atoms with Crippen LogP contribution in [0.15, 0.2) is 30.3 Å². The molecule has 1 aromatic carbocycles. The Labute approximate surface area is 147 Å². The summed E-state index contributed by atoms with van der Waals surface area (Å²) < 4.78 is 5.24. The van der Waals surface area contributed by atoms with Gasteiger partial charge in [0.1, 0.15) is 24.4 Å². The maximum Gasteiger partial charge on any atom is 0.222 e. The summed E-state index contributed by atoms with van der Waals surface area (Å²) in [6.45, 7) is -0.517. The number of nitrogens with one attached hydrogen (secondary N) is 1. The molecule has 1 aliphatic rings. The first kappa shape index (κ1) is 19.8. The minimum absolute atomic E-state index is 0.282. The molecule has 0 spiro atoms. The van der Waals surface area contributed by atoms with Crippen molar-refractivity contribution in [1.82, 2.24) is 5.32 Å². The number of aliphatic hydroxyl groups is 4. The van der Waals surface area contributed by atoms with Crippen LogP contribution in [0.1, 0.15) is 31.2 Å². The summed E-state index contributed by atoms with van der Waals surface area (Å²) in [6.07, 6.45) is -2.68. The Morgan fingerprint density at radius 3 is 2.40 bits per heavy atom. The van der Waals surface area contributed by atoms with Crippen LogP contribution in [-0.4, -0.2) is 63.6 Å². The van der Waals surface area contributed by atoms with Gasteiger partial charge in [-0.3, -0.25) is 4.79 Å². The summed E-state index contributed by atoms with van der Waals surface area (Å²) in [5, 5.41) is 40.9. The van der Waals surface area contributed by atoms with E-state index in [1.807, 2.05) is 18.2 Å². The third-order valence-electron chi connectivity index (χ3n) is 4.41. The lowest BCUT2D eigenvalue weighted by Gasteiger charge is -2.40. The molecule has 0 saturated carbocycles. The molecule has 0 unspecified atom stereocenters. The van der Waals surface area contributed by atoms with E-state index >= 15 is 0 Å². The van der Waals surface area contributed by atoms with Gasteiger partial charge in [-0.05, 0) is 24.8 Å². The largest absolute Gasteiger partial charge is 0.394 e. The van der Waals surface area contributed by atoms with Crippen LogP contribution in [0, 0.1) is 0 Å². The van der Waals surface area contributed by atoms with Crippen molar-refractivity contribution in [3.63, 3.8) is 0 Å². The summed E-state index contributed by atoms with van der Waals surface area (Å²) in [6, 6.07) is 10.1. The Bertz CT molecular complexity index is 524. The van der Waals surface area contributed by atoms with Crippen molar-refractivity contribution in [2.75, 3.05) is 6.61 Å². The molecule has 1 heterocycles. The van der Waals surface area contributed by atoms with Crippen LogP contribution in [0.4, 0.5) is 0 Å². The minimum Gasteiger partial charge on any atom is -0.394 e. The zero-order valence-electron chi connectivity index (χ0n) is 14.1. The normalized spacial score (nSPS) is 29.4. The fourth-order valence-corrected chi connectivity index (χ4v) is 2.89. The highest BCUT2D eigenvalue weighted by Crippen LogP contribution is 2.20. The van der Waals surface area contributed by atoms with Crippen LogP contribution in [0.25, 0.3) is 0 Å². The van der Waals surface area contributed by atoms with Gasteiger partial charge in [-0.15, -0.1) is 0 Å². The molecule has 140 valence electrons. The lowest BCUT2D eigenvalue weighted by Crippen LogP contribution is -2.63. The van der Waals surface area contributed by atoms with E-state index in [1.54, 1.807) is 0 Å². The van der Waals surface area contributed by atoms with Gasteiger partial charge in [0, 0.05) is 6.42 Å². The molecule has 7 nitrogen and oxygen atoms in total. The van der Waals surface area contributed by atoms with Crippen molar-refractivity contribution in [2.24, 2.45) is 0 Å². The highest BCUT2D eigenvalue weighted by Gasteiger charge is 2.43. The number of carbonyl (C=O) groups is 1. The second-order valence-corrected chi connectivity index (χ2v) is 6.36. The van der Waals surface area contributed by atoms with Crippen LogP contribution in [0.3, 0.4) is 0 Å². The Balaban J connectivity index is 1.67. The number of aryl methyl sites for hydroxylation is 1. The topological polar surface area (TPSA) is 119 Å². The molecule has 0 aromatic heterocycles. The lowest BCUT2D eigenvalue weighted by molar-refractivity contribution is -0.236. The number of hydrogen-bond acceptors (Lipinski definition) is 6. The van der Waals surface area contributed by atoms with Crippen LogP contribution >= 0.6 is 0 Å². The summed E-state index contributed by atoms with van der Waals surface area (Å²) in [5.74, 6) is -0.302. The van der Waals surface area contributed by atoms with Gasteiger partial charge in [0.25, 0.3) is 0 Å². The zero-order valence-corrected chi connectivity index (χ0v) is 14.1. The quantitative estimate of drug-likeness (QED) is 0.410. The van der Waals surface area contributed by atoms with Gasteiger partial charge < -0.3 is 30.5 Å². The molecule has 0 radical (unpaired) electrons. The molecule has 7 heteroatoms. The maximum absolute atomic E-state index is 12.0. The first-order chi connectivity index (χ1) is 12.0. The van der Waals surface area contributed by atoms with Gasteiger partial charge in [0.2, 0.25) is 5.91 Å². The molecular formula is C18H27NO6. The Hall–Kier alpha value is -1.51. The van der Waals surface area contributed by atoms with E-state index in [1.165, 1.54) is 5.56 Å². The number of carbonyl (C=O) groups excluding carboxylic acids is 1. The van der Waals surface area contributed by atoms with Crippen LogP contribution in [0.2, 0.25) is 0 Å². The number of rotatable bonds is 8. The molecule has 0 bridgehead atoms. The molecule has 5 atom stereocenters. The van der Waals surface area contributed by atoms with Gasteiger partial charge >= 0.3 is 0 Å². The van der Waals surface area contributed by atoms with E-state index in [0.29, 0.717) is 6.42 Å². The summed E-state index contributed by atoms with van der Waals surface area (Å²) >= 11 is 0. The predicted molar refractivity (Wildman–Crippen MR) is 90.5 cm³/mol. The number of ether oxygens (including phenoxy) is 1. The highest BCUT2D eigenvalue weighted by molar-refractivity contribution is 5.76. The van der Waals surface area contributed by atoms with E-state index in [9.17, 15) is 20.1 Å². The Morgan fingerprint density at radius 2 is 1.72 bits per heavy atom. The van der Waals surface area contributed by atoms with Gasteiger partial charge in [-0.25, -0.2) is 0 Å². The van der Waals surface area contributed by atoms with Crippen LogP contribution < -0.4 is 5.32 Å². The highest BCUT2D eigenvalue weighted by atomic mass is 16.6. The standard InChI is InChI=1S/C18H27NO6/c20-11-13-15(22)16(23)17(24)18(25-13)19-14(21)10-6-2-5-9-12-7-3-1-4-8-12/h1,3-4,7-8,13,15-18,20,22-24H,2,5-6,9-11H2,(H,19,21)/t13-,15+,16+,17-,18-/m1/s1. The van der Waals surface area contributed by atoms with Gasteiger partial charge in [-0.2, -0.15) is 0 Å². The number of hydrogen-bond donors (Lipinski definition) is 5. The molecule has 25 heavy (non-hydrogen) atoms. The molecule has 1 fully saturated rings. The van der Waals surface area contributed by atoms with Gasteiger partial charge in [0.05, 0.1) is 6.61 Å². The third-order valence-corrected chi connectivity index (χ3v) is 4.41. The number of amides is 1. The fraction of sp³-hybridized carbons (Fsp3) is 0.611. The van der Waals surface area contributed by atoms with Crippen molar-refractivity contribution in [3.8, 4) is 0 Å². The number of benzene rings is 1. The monoisotopic (exact) mass is 353 g/mol. The molecule has 1 saturated heterocycles. The van der Waals surface area contributed by atoms with Crippen LogP contribution in [-0.2, 0) is 16.0 Å². The lowest BCUT2D eigenvalue weighted by atomic mass is 9.98. The third kappa shape index (κ3) is 5.76. The average molecular weight is 353 g/mol. The van der Waals surface area contributed by atoms with Gasteiger partial charge in [-0.1, -0.05) is 36.8 Å². The van der Waals surface area contributed by atoms with E-state index in [-0.39, 0.29) is 12.3 Å². The molecular weight excluding hydrogens is 326 g/mol. The van der Waals surface area contributed by atoms with E-state index in [2.05, 4.69) is 17.4 Å². The van der Waals surface area contributed by atoms with Crippen molar-refractivity contribution in [2.45, 2.75) is 62.7 Å². The molecule has 2 rings (SSSR count). The molecule has 1 aliphatic heterocycles. The summed E-state index contributed by atoms with van der Waals surface area (Å²) in [5.41, 5.74) is 1.27. The molecule has 1 amide bonds. The van der Waals surface area contributed by atoms with Gasteiger partial charge in [0.15, 0.2) is 6.23 Å². The van der Waals surface area contributed by atoms with E-state index in [0.717, 1.165) is 19.3 Å². The summed E-state index contributed by atoms with van der Waals surface area (Å²) in [7, 11) is 0. The predicted octanol–water partition coefficient (Wildman–Crippen LogP) is -0.294. The molecule has 0 aliphatic carbocycles. The molecule has 1 aromatic rings. The first-order valence-electron chi connectivity index (χ1n) is 8.66. The van der Waals surface area contributed by atoms with Crippen molar-refractivity contribution in [3.05, 3.63) is 35.9 Å². The average Bonchev–Trinajstić information content (AvgIpc) is 2.62. The first-order valence-corrected chi connectivity index (χ1v) is 8.66. The van der Waals surface area contributed by atoms with Crippen molar-refractivity contribution in [1.29, 1.82) is 0 Å². The fourth-order valence-electron chi connectivity index (χ4n) is 2.89. The number of aliphatic hydroxyl groups excluding tert-OH is 4. The van der Waals surface area contributed by atoms with Crippen LogP contribution in [0.5, 0.6) is 0 Å². The second kappa shape index (κ2) is 9.84. The Morgan fingerprint density at radius 1 is 1.00 bits per heavy atom. The van der Waals surface area contributed by atoms with Crippen molar-refractivity contribution < 1.29 is 30.0 Å². The van der Waals surface area contributed by atoms with Crippen molar-refractivity contribution >= 4 is 5.91 Å². The smallest absolute Gasteiger partial charge is 0.222 e.